The minimum atomic E-state index is -0.747. The van der Waals surface area contributed by atoms with Crippen molar-refractivity contribution in [2.45, 2.75) is 6.42 Å². The molecular formula is C41H26N6O10S2. The van der Waals surface area contributed by atoms with Crippen LogP contribution in [-0.2, 0) is 6.42 Å². The van der Waals surface area contributed by atoms with Crippen LogP contribution in [0.1, 0.15) is 22.3 Å². The van der Waals surface area contributed by atoms with Crippen LogP contribution in [0.25, 0.3) is 44.5 Å². The first-order valence-electron chi connectivity index (χ1n) is 17.7. The second-order valence-electron chi connectivity index (χ2n) is 13.1. The number of hydrogen-bond donors (Lipinski definition) is 4. The summed E-state index contributed by atoms with van der Waals surface area (Å²) in [7, 11) is 0. The number of nitrogens with one attached hydrogen (secondary N) is 2. The van der Waals surface area contributed by atoms with Gasteiger partial charge in [-0.3, -0.25) is 10.9 Å². The quantitative estimate of drug-likeness (QED) is 0.0598. The van der Waals surface area contributed by atoms with Gasteiger partial charge in [0.15, 0.2) is 23.0 Å². The first-order valence-corrected chi connectivity index (χ1v) is 19.5. The molecule has 0 atom stereocenters. The average Bonchev–Trinajstić information content (AvgIpc) is 4.07. The molecule has 59 heavy (non-hydrogen) atoms. The summed E-state index contributed by atoms with van der Waals surface area (Å²) in [4.78, 5) is 35.0. The molecular weight excluding hydrogens is 801 g/mol. The van der Waals surface area contributed by atoms with E-state index >= 15 is 0 Å². The maximum absolute atomic E-state index is 13.1. The van der Waals surface area contributed by atoms with E-state index in [1.54, 1.807) is 83.9 Å². The standard InChI is InChI=1S/C41H26N6O10S2/c48-36-24-10-20(1-5-28(24)56-38(50)34(36)26-16-58-40(44-26)46-42-14-22-3-7-30-32(12-22)54-18-52-30)9-21-2-6-29-25(11-21)37(49)35(39(51)57-29)27-17-59-41(45-27)47-43-15-23-4-8-31-33(13-23)55-19-53-31/h1-8,10-17,48-49H,9,18-19H2,(H,44,46)(H,45,47)/b42-14+,43-15+. The molecule has 4 aromatic heterocycles. The van der Waals surface area contributed by atoms with Crippen LogP contribution in [-0.4, -0.2) is 46.2 Å². The number of aromatic hydroxyl groups is 2. The van der Waals surface area contributed by atoms with E-state index in [4.69, 9.17) is 27.8 Å². The van der Waals surface area contributed by atoms with Crippen LogP contribution in [0.4, 0.5) is 10.3 Å². The molecule has 18 heteroatoms. The molecule has 2 aliphatic heterocycles. The fourth-order valence-corrected chi connectivity index (χ4v) is 7.87. The second kappa shape index (κ2) is 14.7. The summed E-state index contributed by atoms with van der Waals surface area (Å²) in [5.41, 5.74) is 7.92. The fraction of sp³-hybridized carbons (Fsp3) is 0.0732. The first kappa shape index (κ1) is 35.7. The van der Waals surface area contributed by atoms with Crippen molar-refractivity contribution in [2.24, 2.45) is 10.2 Å². The van der Waals surface area contributed by atoms with E-state index in [-0.39, 0.29) is 58.8 Å². The Kier molecular flexibility index (Phi) is 8.87. The molecule has 0 spiro atoms. The predicted molar refractivity (Wildman–Crippen MR) is 221 cm³/mol. The Morgan fingerprint density at radius 3 is 1.54 bits per heavy atom. The van der Waals surface area contributed by atoms with E-state index in [2.05, 4.69) is 31.0 Å². The number of thiazole rings is 2. The zero-order chi connectivity index (χ0) is 40.0. The summed E-state index contributed by atoms with van der Waals surface area (Å²) >= 11 is 2.39. The lowest BCUT2D eigenvalue weighted by atomic mass is 10.00. The highest BCUT2D eigenvalue weighted by Crippen LogP contribution is 2.38. The molecule has 4 N–H and O–H groups in total. The first-order chi connectivity index (χ1) is 28.8. The maximum atomic E-state index is 13.1. The number of hydrogen-bond acceptors (Lipinski definition) is 18. The molecule has 0 unspecified atom stereocenters. The van der Waals surface area contributed by atoms with Crippen molar-refractivity contribution in [2.75, 3.05) is 24.4 Å². The van der Waals surface area contributed by atoms with Crippen molar-refractivity contribution in [3.63, 3.8) is 0 Å². The van der Waals surface area contributed by atoms with Gasteiger partial charge >= 0.3 is 11.3 Å². The lowest BCUT2D eigenvalue weighted by molar-refractivity contribution is 0.173. The smallest absolute Gasteiger partial charge is 0.349 e. The molecule has 8 aromatic rings. The molecule has 0 amide bonds. The molecule has 0 aliphatic carbocycles. The molecule has 16 nitrogen and oxygen atoms in total. The third-order valence-electron chi connectivity index (χ3n) is 9.36. The van der Waals surface area contributed by atoms with Gasteiger partial charge in [0.05, 0.1) is 34.6 Å². The van der Waals surface area contributed by atoms with Crippen LogP contribution in [0.15, 0.2) is 112 Å². The van der Waals surface area contributed by atoms with Crippen LogP contribution < -0.4 is 41.1 Å². The predicted octanol–water partition coefficient (Wildman–Crippen LogP) is 7.50. The van der Waals surface area contributed by atoms with Crippen molar-refractivity contribution in [3.8, 4) is 57.0 Å². The number of aromatic nitrogens is 2. The number of rotatable bonds is 10. The second-order valence-corrected chi connectivity index (χ2v) is 14.8. The Bertz CT molecular complexity index is 2940. The fourth-order valence-electron chi connectivity index (χ4n) is 6.57. The number of fused-ring (bicyclic) bond motifs is 4. The van der Waals surface area contributed by atoms with Crippen LogP contribution in [0.3, 0.4) is 0 Å². The van der Waals surface area contributed by atoms with Crippen LogP contribution in [0.2, 0.25) is 0 Å². The largest absolute Gasteiger partial charge is 0.506 e. The number of nitrogens with zero attached hydrogens (tertiary/aromatic N) is 4. The highest BCUT2D eigenvalue weighted by atomic mass is 32.1. The molecule has 6 heterocycles. The Labute approximate surface area is 338 Å². The number of hydrazone groups is 2. The number of benzene rings is 4. The van der Waals surface area contributed by atoms with Gasteiger partial charge in [0.1, 0.15) is 33.8 Å². The molecule has 0 bridgehead atoms. The van der Waals surface area contributed by atoms with Gasteiger partial charge in [-0.25, -0.2) is 19.6 Å². The molecule has 4 aromatic carbocycles. The Morgan fingerprint density at radius 1 is 0.610 bits per heavy atom. The Morgan fingerprint density at radius 2 is 1.07 bits per heavy atom. The zero-order valence-electron chi connectivity index (χ0n) is 30.1. The summed E-state index contributed by atoms with van der Waals surface area (Å²) in [6.07, 6.45) is 3.54. The lowest BCUT2D eigenvalue weighted by Gasteiger charge is -2.09. The summed E-state index contributed by atoms with van der Waals surface area (Å²) in [6, 6.07) is 21.0. The Balaban J connectivity index is 0.869. The average molecular weight is 827 g/mol. The van der Waals surface area contributed by atoms with E-state index < -0.39 is 11.3 Å². The monoisotopic (exact) mass is 826 g/mol. The van der Waals surface area contributed by atoms with Gasteiger partial charge in [0.25, 0.3) is 0 Å². The van der Waals surface area contributed by atoms with Crippen LogP contribution in [0.5, 0.6) is 34.5 Å². The number of ether oxygens (including phenoxy) is 4. The summed E-state index contributed by atoms with van der Waals surface area (Å²) in [5, 5.41) is 35.9. The van der Waals surface area contributed by atoms with Gasteiger partial charge < -0.3 is 38.0 Å². The van der Waals surface area contributed by atoms with E-state index in [9.17, 15) is 19.8 Å². The van der Waals surface area contributed by atoms with Gasteiger partial charge in [0, 0.05) is 10.8 Å². The van der Waals surface area contributed by atoms with Crippen molar-refractivity contribution < 1.29 is 38.0 Å². The third kappa shape index (κ3) is 6.91. The minimum Gasteiger partial charge on any atom is -0.506 e. The lowest BCUT2D eigenvalue weighted by Crippen LogP contribution is -2.05. The van der Waals surface area contributed by atoms with E-state index in [0.29, 0.717) is 50.5 Å². The highest BCUT2D eigenvalue weighted by molar-refractivity contribution is 7.14. The topological polar surface area (TPSA) is 212 Å². The van der Waals surface area contributed by atoms with E-state index in [1.165, 1.54) is 22.7 Å². The van der Waals surface area contributed by atoms with Crippen molar-refractivity contribution in [1.82, 2.24) is 9.97 Å². The van der Waals surface area contributed by atoms with E-state index in [1.807, 2.05) is 12.1 Å². The van der Waals surface area contributed by atoms with Gasteiger partial charge in [-0.1, -0.05) is 12.1 Å². The maximum Gasteiger partial charge on any atom is 0.349 e. The van der Waals surface area contributed by atoms with Gasteiger partial charge in [0.2, 0.25) is 23.8 Å². The van der Waals surface area contributed by atoms with Gasteiger partial charge in [-0.2, -0.15) is 10.2 Å². The van der Waals surface area contributed by atoms with Gasteiger partial charge in [-0.15, -0.1) is 22.7 Å². The molecule has 10 rings (SSSR count). The molecule has 0 fully saturated rings. The highest BCUT2D eigenvalue weighted by Gasteiger charge is 2.22. The molecule has 0 radical (unpaired) electrons. The summed E-state index contributed by atoms with van der Waals surface area (Å²) in [6.45, 7) is 0.342. The number of anilines is 2. The van der Waals surface area contributed by atoms with Gasteiger partial charge in [-0.05, 0) is 89.3 Å². The third-order valence-corrected chi connectivity index (χ3v) is 10.8. The van der Waals surface area contributed by atoms with Crippen LogP contribution >= 0.6 is 22.7 Å². The van der Waals surface area contributed by atoms with Crippen LogP contribution in [0, 0.1) is 0 Å². The molecule has 0 saturated heterocycles. The molecule has 2 aliphatic rings. The molecule has 0 saturated carbocycles. The summed E-state index contributed by atoms with van der Waals surface area (Å²) in [5.74, 6) is 2.03. The van der Waals surface area contributed by atoms with Crippen molar-refractivity contribution in [3.05, 3.63) is 127 Å². The Hall–Kier alpha value is -7.70. The SMILES string of the molecule is O=c1oc2ccc(Cc3ccc4oc(=O)c(-c5csc(N/N=C/c6ccc7c(c6)OCO7)n5)c(O)c4c3)cc2c(O)c1-c1csc(N/N=C/c2ccc3c(c2)OCO3)n1. The van der Waals surface area contributed by atoms with Crippen molar-refractivity contribution >= 4 is 67.3 Å². The van der Waals surface area contributed by atoms with E-state index in [0.717, 1.165) is 22.3 Å². The summed E-state index contributed by atoms with van der Waals surface area (Å²) < 4.78 is 32.7. The molecule has 292 valence electrons. The van der Waals surface area contributed by atoms with Crippen molar-refractivity contribution in [1.29, 1.82) is 0 Å². The normalized spacial score (nSPS) is 13.0. The zero-order valence-corrected chi connectivity index (χ0v) is 31.8. The minimum absolute atomic E-state index is 0.0891.